The van der Waals surface area contributed by atoms with Gasteiger partial charge in [-0.1, -0.05) is 11.6 Å². The quantitative estimate of drug-likeness (QED) is 0.415. The Morgan fingerprint density at radius 2 is 1.56 bits per heavy atom. The van der Waals surface area contributed by atoms with Crippen LogP contribution in [0.3, 0.4) is 0 Å². The monoisotopic (exact) mass is 502 g/mol. The van der Waals surface area contributed by atoms with Crippen molar-refractivity contribution >= 4 is 88.1 Å². The molecule has 1 N–H and O–H groups in total. The first kappa shape index (κ1) is 29.0. The number of halogens is 3. The molecule has 1 aliphatic rings. The van der Waals surface area contributed by atoms with E-state index in [0.717, 1.165) is 5.56 Å². The minimum Gasteiger partial charge on any atom is -0.361 e. The second kappa shape index (κ2) is 9.34. The molecule has 5 nitrogen and oxygen atoms in total. The molecular formula is C19H30B9ClF2N4O. The fourth-order valence-corrected chi connectivity index (χ4v) is 6.35. The molecule has 2 aromatic rings. The first-order valence-electron chi connectivity index (χ1n) is 12.3. The molecule has 0 saturated carbocycles. The number of hydrogen-bond donors (Lipinski definition) is 1. The van der Waals surface area contributed by atoms with E-state index in [2.05, 4.69) is 15.3 Å². The number of piperidine rings is 1. The maximum atomic E-state index is 17.9. The summed E-state index contributed by atoms with van der Waals surface area (Å²) in [6.45, 7) is 2.23. The lowest BCUT2D eigenvalue weighted by molar-refractivity contribution is -0.0264. The molecule has 3 rings (SSSR count). The maximum absolute atomic E-state index is 17.9. The number of carbonyl (C=O) groups excluding carboxylic acids is 1. The summed E-state index contributed by atoms with van der Waals surface area (Å²) in [5.74, 6) is -0.913. The highest BCUT2D eigenvalue weighted by Crippen LogP contribution is 2.65. The van der Waals surface area contributed by atoms with Crippen LogP contribution in [0.15, 0.2) is 30.6 Å². The molecule has 1 aliphatic heterocycles. The van der Waals surface area contributed by atoms with Crippen LogP contribution in [-0.2, 0) is 6.54 Å². The molecule has 1 unspecified atom stereocenters. The Morgan fingerprint density at radius 1 is 1.06 bits per heavy atom. The van der Waals surface area contributed by atoms with Crippen LogP contribution in [0.2, 0.25) is 15.5 Å². The summed E-state index contributed by atoms with van der Waals surface area (Å²) in [5.41, 5.74) is -0.545. The lowest BCUT2D eigenvalue weighted by atomic mass is 9.14. The Bertz CT molecular complexity index is 1140. The molecule has 0 bridgehead atoms. The average molecular weight is 501 g/mol. The van der Waals surface area contributed by atoms with Gasteiger partial charge in [0.1, 0.15) is 87.9 Å². The van der Waals surface area contributed by atoms with E-state index in [0.29, 0.717) is 12.4 Å². The van der Waals surface area contributed by atoms with Crippen LogP contribution in [-0.4, -0.2) is 114 Å². The SMILES string of the molecule is BC(NCc1ncc(C)cn1)C1(F)C(B)(B)C(B)(B)N(C(=O)c2ccc(F)c(Cl)c2)C(B)(B)C1(B)B. The van der Waals surface area contributed by atoms with Gasteiger partial charge in [-0.15, -0.1) is 0 Å². The second-order valence-corrected chi connectivity index (χ2v) is 12.5. The number of hydrogen-bond acceptors (Lipinski definition) is 4. The van der Waals surface area contributed by atoms with E-state index in [9.17, 15) is 9.18 Å². The fraction of sp³-hybridized carbons (Fsp3) is 0.421. The summed E-state index contributed by atoms with van der Waals surface area (Å²) >= 11 is 6.01. The smallest absolute Gasteiger partial charge is 0.252 e. The predicted molar refractivity (Wildman–Crippen MR) is 167 cm³/mol. The molecule has 1 aromatic heterocycles. The van der Waals surface area contributed by atoms with E-state index in [1.807, 2.05) is 77.5 Å². The van der Waals surface area contributed by atoms with Gasteiger partial charge >= 0.3 is 0 Å². The molecule has 2 heterocycles. The zero-order valence-corrected chi connectivity index (χ0v) is 23.8. The molecule has 0 spiro atoms. The number of amides is 1. The van der Waals surface area contributed by atoms with Crippen molar-refractivity contribution in [2.45, 2.75) is 46.2 Å². The van der Waals surface area contributed by atoms with E-state index in [-0.39, 0.29) is 16.5 Å². The fourth-order valence-electron chi connectivity index (χ4n) is 6.17. The van der Waals surface area contributed by atoms with Crippen LogP contribution < -0.4 is 5.32 Å². The van der Waals surface area contributed by atoms with Gasteiger partial charge < -0.3 is 10.2 Å². The van der Waals surface area contributed by atoms with Gasteiger partial charge in [0, 0.05) is 23.9 Å². The minimum atomic E-state index is -1.77. The number of carbonyl (C=O) groups is 1. The first-order chi connectivity index (χ1) is 16.3. The second-order valence-electron chi connectivity index (χ2n) is 12.1. The molecule has 1 aromatic carbocycles. The number of nitrogens with one attached hydrogen (secondary N) is 1. The molecule has 1 saturated heterocycles. The van der Waals surface area contributed by atoms with Gasteiger partial charge in [-0.3, -0.25) is 4.79 Å². The Kier molecular flexibility index (Phi) is 7.53. The Morgan fingerprint density at radius 3 is 2.03 bits per heavy atom. The standard InChI is InChI=1S/C19H30B9ClF2N4O/c1-8-5-32-12(33-6-8)7-34-14(20)15(31)16(21,22)18(25,26)35(19(27,28)17(15,23)24)13(36)9-2-3-11(30)10(29)4-9/h2-6,14,34H,7,20-28H2,1H3. The number of nitrogens with zero attached hydrogens (tertiary/aromatic N) is 3. The summed E-state index contributed by atoms with van der Waals surface area (Å²) < 4.78 is 31.8. The van der Waals surface area contributed by atoms with Crippen molar-refractivity contribution in [3.05, 3.63) is 58.4 Å². The van der Waals surface area contributed by atoms with E-state index in [4.69, 9.17) is 11.6 Å². The van der Waals surface area contributed by atoms with Gasteiger partial charge in [-0.25, -0.2) is 18.7 Å². The van der Waals surface area contributed by atoms with Crippen molar-refractivity contribution in [1.29, 1.82) is 0 Å². The maximum Gasteiger partial charge on any atom is 0.252 e. The molecule has 1 atom stereocenters. The van der Waals surface area contributed by atoms with Crippen LogP contribution in [0.5, 0.6) is 0 Å². The van der Waals surface area contributed by atoms with E-state index in [1.165, 1.54) is 18.2 Å². The first-order valence-corrected chi connectivity index (χ1v) is 12.7. The van der Waals surface area contributed by atoms with Crippen molar-refractivity contribution in [2.24, 2.45) is 0 Å². The van der Waals surface area contributed by atoms with Crippen molar-refractivity contribution in [2.75, 3.05) is 0 Å². The summed E-state index contributed by atoms with van der Waals surface area (Å²) in [6, 6.07) is 3.96. The van der Waals surface area contributed by atoms with Gasteiger partial charge in [0.2, 0.25) is 0 Å². The number of aryl methyl sites for hydroxylation is 1. The van der Waals surface area contributed by atoms with Crippen LogP contribution in [0, 0.1) is 12.7 Å². The summed E-state index contributed by atoms with van der Waals surface area (Å²) in [7, 11) is 17.0. The van der Waals surface area contributed by atoms with Gasteiger partial charge in [-0.05, 0) is 51.8 Å². The molecule has 0 aliphatic carbocycles. The zero-order valence-electron chi connectivity index (χ0n) is 23.1. The third-order valence-corrected chi connectivity index (χ3v) is 9.65. The largest absolute Gasteiger partial charge is 0.361 e. The lowest BCUT2D eigenvalue weighted by Crippen LogP contribution is -2.86. The number of benzene rings is 1. The number of likely N-dealkylation sites (tertiary alicyclic amines) is 1. The molecule has 0 radical (unpaired) electrons. The number of aromatic nitrogens is 2. The molecule has 1 amide bonds. The molecule has 17 heteroatoms. The highest BCUT2D eigenvalue weighted by atomic mass is 35.5. The molecule has 180 valence electrons. The molecule has 1 fully saturated rings. The minimum absolute atomic E-state index is 0.122. The van der Waals surface area contributed by atoms with Gasteiger partial charge in [0.15, 0.2) is 0 Å². The average Bonchev–Trinajstić information content (AvgIpc) is 2.78. The third kappa shape index (κ3) is 4.11. The third-order valence-electron chi connectivity index (χ3n) is 9.36. The highest BCUT2D eigenvalue weighted by Gasteiger charge is 2.73. The summed E-state index contributed by atoms with van der Waals surface area (Å²) in [6.07, 6.45) is 3.48. The van der Waals surface area contributed by atoms with Crippen LogP contribution >= 0.6 is 11.6 Å². The predicted octanol–water partition coefficient (Wildman–Crippen LogP) is -5.90. The summed E-state index contributed by atoms with van der Waals surface area (Å²) in [4.78, 5) is 24.4. The van der Waals surface area contributed by atoms with E-state index >= 15 is 4.39 Å². The van der Waals surface area contributed by atoms with E-state index in [1.54, 1.807) is 17.3 Å². The highest BCUT2D eigenvalue weighted by molar-refractivity contribution is 6.62. The van der Waals surface area contributed by atoms with Crippen molar-refractivity contribution < 1.29 is 13.6 Å². The lowest BCUT2D eigenvalue weighted by Gasteiger charge is -2.75. The van der Waals surface area contributed by atoms with Crippen LogP contribution in [0.4, 0.5) is 8.78 Å². The van der Waals surface area contributed by atoms with Gasteiger partial charge in [-0.2, -0.15) is 0 Å². The topological polar surface area (TPSA) is 58.1 Å². The molecule has 36 heavy (non-hydrogen) atoms. The van der Waals surface area contributed by atoms with Crippen molar-refractivity contribution in [3.8, 4) is 0 Å². The number of alkyl halides is 1. The van der Waals surface area contributed by atoms with Crippen molar-refractivity contribution in [3.63, 3.8) is 0 Å². The zero-order chi connectivity index (χ0) is 27.5. The van der Waals surface area contributed by atoms with Crippen molar-refractivity contribution in [1.82, 2.24) is 20.2 Å². The van der Waals surface area contributed by atoms with E-state index < -0.39 is 38.5 Å². The van der Waals surface area contributed by atoms with Gasteiger partial charge in [0.25, 0.3) is 5.91 Å². The Balaban J connectivity index is 2.07. The van der Waals surface area contributed by atoms with Crippen LogP contribution in [0.25, 0.3) is 0 Å². The Labute approximate surface area is 226 Å². The summed E-state index contributed by atoms with van der Waals surface area (Å²) in [5, 5.41) is -0.681. The Hall–Kier alpha value is -1.54. The molecular weight excluding hydrogens is 471 g/mol. The van der Waals surface area contributed by atoms with Gasteiger partial charge in [0.05, 0.1) is 11.6 Å². The number of rotatable bonds is 5. The van der Waals surface area contributed by atoms with Crippen LogP contribution in [0.1, 0.15) is 21.7 Å². The normalized spacial score (nSPS) is 21.9.